The van der Waals surface area contributed by atoms with Gasteiger partial charge < -0.3 is 10.1 Å². The van der Waals surface area contributed by atoms with Gasteiger partial charge in [0.15, 0.2) is 0 Å². The second-order valence-electron chi connectivity index (χ2n) is 5.39. The van der Waals surface area contributed by atoms with Crippen LogP contribution in [0.4, 0.5) is 5.69 Å². The van der Waals surface area contributed by atoms with Crippen LogP contribution in [0.5, 0.6) is 0 Å². The van der Waals surface area contributed by atoms with Gasteiger partial charge in [0.05, 0.1) is 5.69 Å². The summed E-state index contributed by atoms with van der Waals surface area (Å²) in [7, 11) is 0. The number of anilines is 1. The highest BCUT2D eigenvalue weighted by Crippen LogP contribution is 2.18. The highest BCUT2D eigenvalue weighted by Gasteiger charge is 2.22. The van der Waals surface area contributed by atoms with Crippen LogP contribution in [0, 0.1) is 17.8 Å². The Morgan fingerprint density at radius 2 is 1.87 bits per heavy atom. The number of carbonyl (C=O) groups is 1. The van der Waals surface area contributed by atoms with E-state index < -0.39 is 0 Å². The molecule has 1 N–H and O–H groups in total. The van der Waals surface area contributed by atoms with Crippen molar-refractivity contribution in [1.82, 2.24) is 4.98 Å². The monoisotopic (exact) mass is 306 g/mol. The number of nitrogens with one attached hydrogen (secondary N) is 1. The zero-order valence-corrected chi connectivity index (χ0v) is 12.8. The van der Waals surface area contributed by atoms with Crippen molar-refractivity contribution < 1.29 is 9.53 Å². The third-order valence-electron chi connectivity index (χ3n) is 3.76. The summed E-state index contributed by atoms with van der Waals surface area (Å²) in [5.74, 6) is 6.12. The van der Waals surface area contributed by atoms with E-state index in [0.29, 0.717) is 24.6 Å². The molecule has 4 heteroatoms. The average Bonchev–Trinajstić information content (AvgIpc) is 2.62. The fourth-order valence-corrected chi connectivity index (χ4v) is 2.45. The summed E-state index contributed by atoms with van der Waals surface area (Å²) in [5.41, 5.74) is 2.16. The average molecular weight is 306 g/mol. The van der Waals surface area contributed by atoms with Gasteiger partial charge >= 0.3 is 0 Å². The number of aromatic nitrogens is 1. The maximum absolute atomic E-state index is 12.4. The molecule has 0 aliphatic carbocycles. The van der Waals surface area contributed by atoms with Crippen LogP contribution in [0.3, 0.4) is 0 Å². The lowest BCUT2D eigenvalue weighted by atomic mass is 9.99. The molecule has 0 radical (unpaired) electrons. The van der Waals surface area contributed by atoms with E-state index in [2.05, 4.69) is 22.1 Å². The Morgan fingerprint density at radius 1 is 1.09 bits per heavy atom. The van der Waals surface area contributed by atoms with E-state index in [0.717, 1.165) is 18.4 Å². The van der Waals surface area contributed by atoms with Gasteiger partial charge in [-0.2, -0.15) is 0 Å². The Morgan fingerprint density at radius 3 is 2.65 bits per heavy atom. The molecule has 1 saturated heterocycles. The Kier molecular flexibility index (Phi) is 5.02. The van der Waals surface area contributed by atoms with Crippen LogP contribution in [-0.4, -0.2) is 24.1 Å². The predicted molar refractivity (Wildman–Crippen MR) is 88.8 cm³/mol. The van der Waals surface area contributed by atoms with E-state index in [1.165, 1.54) is 0 Å². The van der Waals surface area contributed by atoms with E-state index in [4.69, 9.17) is 4.74 Å². The first-order chi connectivity index (χ1) is 11.3. The largest absolute Gasteiger partial charge is 0.381 e. The molecule has 116 valence electrons. The molecule has 1 aliphatic heterocycles. The van der Waals surface area contributed by atoms with Crippen LogP contribution >= 0.6 is 0 Å². The van der Waals surface area contributed by atoms with Gasteiger partial charge in [0.2, 0.25) is 5.91 Å². The van der Waals surface area contributed by atoms with Crippen molar-refractivity contribution in [3.05, 3.63) is 59.9 Å². The minimum Gasteiger partial charge on any atom is -0.381 e. The van der Waals surface area contributed by atoms with Gasteiger partial charge in [-0.3, -0.25) is 4.79 Å². The zero-order valence-electron chi connectivity index (χ0n) is 12.8. The molecule has 0 saturated carbocycles. The fourth-order valence-electron chi connectivity index (χ4n) is 2.45. The molecular weight excluding hydrogens is 288 g/mol. The second-order valence-corrected chi connectivity index (χ2v) is 5.39. The summed E-state index contributed by atoms with van der Waals surface area (Å²) in [5, 5.41) is 2.96. The van der Waals surface area contributed by atoms with Gasteiger partial charge in [-0.25, -0.2) is 4.98 Å². The summed E-state index contributed by atoms with van der Waals surface area (Å²) in [6.45, 7) is 1.29. The Balaban J connectivity index is 1.75. The van der Waals surface area contributed by atoms with E-state index in [1.807, 2.05) is 36.4 Å². The number of rotatable bonds is 2. The van der Waals surface area contributed by atoms with Gasteiger partial charge in [0, 0.05) is 30.9 Å². The summed E-state index contributed by atoms with van der Waals surface area (Å²) >= 11 is 0. The molecule has 23 heavy (non-hydrogen) atoms. The van der Waals surface area contributed by atoms with Crippen molar-refractivity contribution in [2.45, 2.75) is 12.8 Å². The molecule has 0 spiro atoms. The van der Waals surface area contributed by atoms with Crippen LogP contribution in [0.2, 0.25) is 0 Å². The molecule has 0 bridgehead atoms. The molecule has 4 nitrogen and oxygen atoms in total. The standard InChI is InChI=1S/C19H18N2O2/c22-19(16-10-13-23-14-11-16)21-18-7-4-12-20-17(18)9-8-15-5-2-1-3-6-15/h1-7,12,16H,10-11,13-14H2,(H,21,22). The third kappa shape index (κ3) is 4.18. The number of hydrogen-bond donors (Lipinski definition) is 1. The molecule has 1 aliphatic rings. The zero-order chi connectivity index (χ0) is 15.9. The van der Waals surface area contributed by atoms with Gasteiger partial charge in [-0.05, 0) is 43.0 Å². The molecule has 1 amide bonds. The molecule has 1 aromatic carbocycles. The normalized spacial score (nSPS) is 14.6. The van der Waals surface area contributed by atoms with Crippen LogP contribution in [0.1, 0.15) is 24.1 Å². The molecule has 1 fully saturated rings. The highest BCUT2D eigenvalue weighted by molar-refractivity contribution is 5.93. The summed E-state index contributed by atoms with van der Waals surface area (Å²) in [6.07, 6.45) is 3.20. The molecular formula is C19H18N2O2. The van der Waals surface area contributed by atoms with Crippen LogP contribution < -0.4 is 5.32 Å². The van der Waals surface area contributed by atoms with E-state index in [9.17, 15) is 4.79 Å². The van der Waals surface area contributed by atoms with Crippen molar-refractivity contribution in [3.8, 4) is 11.8 Å². The van der Waals surface area contributed by atoms with Crippen molar-refractivity contribution in [1.29, 1.82) is 0 Å². The van der Waals surface area contributed by atoms with E-state index in [1.54, 1.807) is 12.3 Å². The van der Waals surface area contributed by atoms with E-state index >= 15 is 0 Å². The second kappa shape index (κ2) is 7.57. The van der Waals surface area contributed by atoms with Crippen molar-refractivity contribution in [2.75, 3.05) is 18.5 Å². The smallest absolute Gasteiger partial charge is 0.227 e. The molecule has 2 aromatic rings. The molecule has 3 rings (SSSR count). The maximum atomic E-state index is 12.4. The highest BCUT2D eigenvalue weighted by atomic mass is 16.5. The van der Waals surface area contributed by atoms with Gasteiger partial charge in [0.1, 0.15) is 5.69 Å². The Labute approximate surface area is 135 Å². The first-order valence-corrected chi connectivity index (χ1v) is 7.73. The number of benzene rings is 1. The lowest BCUT2D eigenvalue weighted by Crippen LogP contribution is -2.28. The summed E-state index contributed by atoms with van der Waals surface area (Å²) < 4.78 is 5.30. The van der Waals surface area contributed by atoms with Gasteiger partial charge in [0.25, 0.3) is 0 Å². The third-order valence-corrected chi connectivity index (χ3v) is 3.76. The Bertz CT molecular complexity index is 726. The van der Waals surface area contributed by atoms with Crippen LogP contribution in [-0.2, 0) is 9.53 Å². The SMILES string of the molecule is O=C(Nc1cccnc1C#Cc1ccccc1)C1CCOCC1. The first kappa shape index (κ1) is 15.3. The van der Waals surface area contributed by atoms with Gasteiger partial charge in [-0.15, -0.1) is 0 Å². The number of amides is 1. The van der Waals surface area contributed by atoms with Crippen LogP contribution in [0.15, 0.2) is 48.7 Å². The lowest BCUT2D eigenvalue weighted by molar-refractivity contribution is -0.122. The summed E-state index contributed by atoms with van der Waals surface area (Å²) in [6, 6.07) is 13.3. The van der Waals surface area contributed by atoms with Crippen molar-refractivity contribution >= 4 is 11.6 Å². The number of carbonyl (C=O) groups excluding carboxylic acids is 1. The predicted octanol–water partition coefficient (Wildman–Crippen LogP) is 2.85. The molecule has 0 atom stereocenters. The van der Waals surface area contributed by atoms with Crippen LogP contribution in [0.25, 0.3) is 0 Å². The van der Waals surface area contributed by atoms with Gasteiger partial charge in [-0.1, -0.05) is 24.1 Å². The topological polar surface area (TPSA) is 51.2 Å². The van der Waals surface area contributed by atoms with E-state index in [-0.39, 0.29) is 11.8 Å². The van der Waals surface area contributed by atoms with Crippen molar-refractivity contribution in [2.24, 2.45) is 5.92 Å². The molecule has 0 unspecified atom stereocenters. The number of pyridine rings is 1. The quantitative estimate of drug-likeness (QED) is 0.868. The number of ether oxygens (including phenoxy) is 1. The maximum Gasteiger partial charge on any atom is 0.227 e. The first-order valence-electron chi connectivity index (χ1n) is 7.73. The lowest BCUT2D eigenvalue weighted by Gasteiger charge is -2.21. The minimum absolute atomic E-state index is 0.00103. The Hall–Kier alpha value is -2.64. The summed E-state index contributed by atoms with van der Waals surface area (Å²) in [4.78, 5) is 16.6. The van der Waals surface area contributed by atoms with Crippen molar-refractivity contribution in [3.63, 3.8) is 0 Å². The molecule has 1 aromatic heterocycles. The number of nitrogens with zero attached hydrogens (tertiary/aromatic N) is 1. The number of hydrogen-bond acceptors (Lipinski definition) is 3. The fraction of sp³-hybridized carbons (Fsp3) is 0.263. The minimum atomic E-state index is -0.00103. The molecule has 2 heterocycles.